The van der Waals surface area contributed by atoms with Gasteiger partial charge >= 0.3 is 0 Å². The van der Waals surface area contributed by atoms with Gasteiger partial charge in [0.15, 0.2) is 0 Å². The molecule has 0 aromatic heterocycles. The average Bonchev–Trinajstić information content (AvgIpc) is 2.88. The molecule has 1 unspecified atom stereocenters. The van der Waals surface area contributed by atoms with Crippen molar-refractivity contribution < 1.29 is 45.8 Å². The predicted octanol–water partition coefficient (Wildman–Crippen LogP) is 5.13. The van der Waals surface area contributed by atoms with Crippen LogP contribution in [-0.2, 0) is 16.0 Å². The summed E-state index contributed by atoms with van der Waals surface area (Å²) in [4.78, 5) is 26.9. The van der Waals surface area contributed by atoms with Crippen LogP contribution in [0.1, 0.15) is 38.3 Å². The van der Waals surface area contributed by atoms with Gasteiger partial charge in [-0.25, -0.2) is 0 Å². The van der Waals surface area contributed by atoms with Crippen molar-refractivity contribution in [1.29, 1.82) is 5.26 Å². The van der Waals surface area contributed by atoms with Crippen molar-refractivity contribution in [2.75, 3.05) is 11.4 Å². The van der Waals surface area contributed by atoms with Gasteiger partial charge in [-0.2, -0.15) is 11.7 Å². The molecule has 0 aliphatic heterocycles. The number of carbonyl (C=O) groups excluding carboxylic acids is 2. The van der Waals surface area contributed by atoms with E-state index in [0.29, 0.717) is 30.6 Å². The normalized spacial score (nSPS) is 10.1. The Labute approximate surface area is 227 Å². The zero-order chi connectivity index (χ0) is 25.1. The van der Waals surface area contributed by atoms with Gasteiger partial charge in [0.1, 0.15) is 6.04 Å². The number of aliphatic hydroxyl groups is 1. The second-order valence-corrected chi connectivity index (χ2v) is 6.41. The third-order valence-corrected chi connectivity index (χ3v) is 4.18. The molecule has 0 bridgehead atoms. The van der Waals surface area contributed by atoms with Gasteiger partial charge in [0, 0.05) is 43.2 Å². The van der Waals surface area contributed by atoms with Gasteiger partial charge in [-0.05, 0) is 43.3 Å². The first-order valence-electron chi connectivity index (χ1n) is 10.8. The molecule has 0 spiro atoms. The minimum atomic E-state index is -0.779. The topological polar surface area (TPSA) is 93.4 Å². The third kappa shape index (κ3) is 11.9. The summed E-state index contributed by atoms with van der Waals surface area (Å²) in [6.45, 7) is 13.5. The van der Waals surface area contributed by atoms with Crippen LogP contribution in [0, 0.1) is 49.4 Å². The molecule has 6 nitrogen and oxygen atoms in total. The number of amides is 2. The van der Waals surface area contributed by atoms with Crippen LogP contribution in [0.15, 0.2) is 79.6 Å². The first kappa shape index (κ1) is 33.4. The Morgan fingerprint density at radius 2 is 1.82 bits per heavy atom. The van der Waals surface area contributed by atoms with E-state index < -0.39 is 11.9 Å². The third-order valence-electron chi connectivity index (χ3n) is 4.18. The molecule has 2 rings (SSSR count). The number of allylic oxidation sites excluding steroid dienone is 1. The fourth-order valence-corrected chi connectivity index (χ4v) is 2.75. The Kier molecular flexibility index (Phi) is 20.4. The van der Waals surface area contributed by atoms with E-state index in [1.165, 1.54) is 11.0 Å². The molecule has 0 saturated heterocycles. The summed E-state index contributed by atoms with van der Waals surface area (Å²) in [5.41, 5.74) is 1.81. The number of anilines is 1. The van der Waals surface area contributed by atoms with Crippen molar-refractivity contribution in [3.05, 3.63) is 97.6 Å². The van der Waals surface area contributed by atoms with Crippen LogP contribution in [0.2, 0.25) is 0 Å². The number of nitriles is 1. The smallest absolute Gasteiger partial charge is 0.251 e. The maximum Gasteiger partial charge on any atom is 0.251 e. The summed E-state index contributed by atoms with van der Waals surface area (Å²) in [5.74, 6) is -0.684. The fraction of sp³-hybridized carbons (Fsp3) is 0.259. The second kappa shape index (κ2) is 20.8. The molecule has 2 amide bonds. The van der Waals surface area contributed by atoms with Crippen molar-refractivity contribution in [3.63, 3.8) is 0 Å². The summed E-state index contributed by atoms with van der Waals surface area (Å²) in [7, 11) is 0. The Balaban J connectivity index is 0. The molecule has 1 atom stereocenters. The Morgan fingerprint density at radius 3 is 2.32 bits per heavy atom. The molecule has 34 heavy (non-hydrogen) atoms. The largest absolute Gasteiger partial charge is 0.516 e. The number of carbonyl (C=O) groups is 2. The zero-order valence-electron chi connectivity index (χ0n) is 20.2. The van der Waals surface area contributed by atoms with Gasteiger partial charge in [-0.1, -0.05) is 62.9 Å². The molecule has 0 saturated carbocycles. The van der Waals surface area contributed by atoms with E-state index in [9.17, 15) is 14.9 Å². The minimum Gasteiger partial charge on any atom is -0.516 e. The molecular weight excluding hydrogens is 652 g/mol. The van der Waals surface area contributed by atoms with Crippen molar-refractivity contribution in [2.45, 2.75) is 39.7 Å². The fourth-order valence-electron chi connectivity index (χ4n) is 2.75. The summed E-state index contributed by atoms with van der Waals surface area (Å²) >= 11 is 0. The summed E-state index contributed by atoms with van der Waals surface area (Å²) in [6.07, 6.45) is 4.61. The van der Waals surface area contributed by atoms with E-state index >= 15 is 0 Å². The molecule has 0 aliphatic carbocycles. The van der Waals surface area contributed by atoms with E-state index in [1.807, 2.05) is 44.2 Å². The Morgan fingerprint density at radius 1 is 1.21 bits per heavy atom. The average molecular weight is 687 g/mol. The van der Waals surface area contributed by atoms with Crippen molar-refractivity contribution in [1.82, 2.24) is 5.32 Å². The van der Waals surface area contributed by atoms with Gasteiger partial charge in [0.05, 0.1) is 17.9 Å². The SMILES string of the molecule is C/C=C\O.C=CC(=O)N(c1cccc(C#N)c1)C(Cc1ccccc1)C(=O)NCC[CH2-].CC.[U]. The Bertz CT molecular complexity index is 920. The summed E-state index contributed by atoms with van der Waals surface area (Å²) < 4.78 is 0. The van der Waals surface area contributed by atoms with E-state index in [2.05, 4.69) is 24.9 Å². The summed E-state index contributed by atoms with van der Waals surface area (Å²) in [5, 5.41) is 19.7. The molecule has 0 heterocycles. The number of nitrogens with zero attached hydrogens (tertiary/aromatic N) is 2. The van der Waals surface area contributed by atoms with Gasteiger partial charge in [-0.3, -0.25) is 14.5 Å². The van der Waals surface area contributed by atoms with E-state index in [1.54, 1.807) is 37.3 Å². The molecule has 0 radical (unpaired) electrons. The van der Waals surface area contributed by atoms with Crippen LogP contribution in [0.5, 0.6) is 0 Å². The van der Waals surface area contributed by atoms with Crippen LogP contribution >= 0.6 is 0 Å². The molecule has 2 N–H and O–H groups in total. The molecule has 2 aromatic rings. The van der Waals surface area contributed by atoms with Crippen LogP contribution in [-0.4, -0.2) is 29.5 Å². The number of benzene rings is 2. The predicted molar refractivity (Wildman–Crippen MR) is 135 cm³/mol. The minimum absolute atomic E-state index is 0. The van der Waals surface area contributed by atoms with Crippen LogP contribution in [0.3, 0.4) is 0 Å². The van der Waals surface area contributed by atoms with Crippen LogP contribution in [0.4, 0.5) is 5.69 Å². The van der Waals surface area contributed by atoms with Crippen molar-refractivity contribution in [2.24, 2.45) is 0 Å². The molecule has 2 aromatic carbocycles. The van der Waals surface area contributed by atoms with Crippen LogP contribution in [0.25, 0.3) is 0 Å². The van der Waals surface area contributed by atoms with E-state index in [0.717, 1.165) is 11.8 Å². The number of nitrogens with one attached hydrogen (secondary N) is 1. The molecular formula is C27H34N3O3U-. The zero-order valence-corrected chi connectivity index (χ0v) is 24.4. The van der Waals surface area contributed by atoms with E-state index in [-0.39, 0.29) is 37.0 Å². The molecule has 0 fully saturated rings. The number of hydrogen-bond donors (Lipinski definition) is 2. The number of aliphatic hydroxyl groups excluding tert-OH is 1. The van der Waals surface area contributed by atoms with Crippen LogP contribution < -0.4 is 10.2 Å². The number of rotatable bonds is 8. The maximum atomic E-state index is 12.9. The van der Waals surface area contributed by atoms with Crippen molar-refractivity contribution >= 4 is 17.5 Å². The molecule has 180 valence electrons. The number of hydrogen-bond acceptors (Lipinski definition) is 4. The first-order chi connectivity index (χ1) is 16.0. The Hall–Kier alpha value is -2.80. The van der Waals surface area contributed by atoms with Crippen molar-refractivity contribution in [3.8, 4) is 6.07 Å². The van der Waals surface area contributed by atoms with Gasteiger partial charge in [0.2, 0.25) is 5.91 Å². The van der Waals surface area contributed by atoms with Gasteiger partial charge in [0.25, 0.3) is 5.91 Å². The monoisotopic (exact) mass is 686 g/mol. The maximum absolute atomic E-state index is 12.9. The standard InChI is InChI=1S/C22H22N3O2.C3H6O.C2H6.U/c1-3-13-24-22(27)20(15-17-9-6-5-7-10-17)25(21(26)4-2)19-12-8-11-18(14-19)16-23;1-2-3-4;1-2;/h4-12,14,20H,1-3,13,15H2,(H,24,27);2-4H,1H3;1-2H3;/q-1;;;/b;3-2-;;. The molecule has 7 heteroatoms. The summed E-state index contributed by atoms with van der Waals surface area (Å²) in [6, 6.07) is 17.4. The van der Waals surface area contributed by atoms with E-state index in [4.69, 9.17) is 5.11 Å². The first-order valence-corrected chi connectivity index (χ1v) is 10.8. The second-order valence-electron chi connectivity index (χ2n) is 6.41. The molecule has 0 aliphatic rings. The quantitative estimate of drug-likeness (QED) is 0.229. The van der Waals surface area contributed by atoms with Gasteiger partial charge < -0.3 is 17.3 Å². The van der Waals surface area contributed by atoms with Gasteiger partial charge in [-0.15, -0.1) is 0 Å².